The summed E-state index contributed by atoms with van der Waals surface area (Å²) in [6.07, 6.45) is 2.58. The molecule has 15 heavy (non-hydrogen) atoms. The van der Waals surface area contributed by atoms with Gasteiger partial charge in [0.25, 0.3) is 0 Å². The Labute approximate surface area is 87.4 Å². The van der Waals surface area contributed by atoms with Crippen molar-refractivity contribution in [3.63, 3.8) is 0 Å². The molecule has 0 heterocycles. The Kier molecular flexibility index (Phi) is 1.48. The van der Waals surface area contributed by atoms with E-state index in [9.17, 15) is 9.90 Å². The van der Waals surface area contributed by atoms with Gasteiger partial charge in [0.1, 0.15) is 5.75 Å². The highest BCUT2D eigenvalue weighted by Crippen LogP contribution is 2.61. The molecule has 0 saturated heterocycles. The van der Waals surface area contributed by atoms with Gasteiger partial charge < -0.3 is 10.2 Å². The van der Waals surface area contributed by atoms with E-state index in [0.29, 0.717) is 0 Å². The molecule has 78 valence electrons. The Morgan fingerprint density at radius 1 is 1.47 bits per heavy atom. The molecule has 0 aromatic heterocycles. The molecule has 3 nitrogen and oxygen atoms in total. The first kappa shape index (κ1) is 8.77. The van der Waals surface area contributed by atoms with Crippen LogP contribution in [0.5, 0.6) is 5.75 Å². The van der Waals surface area contributed by atoms with Crippen molar-refractivity contribution in [3.8, 4) is 5.75 Å². The number of aryl methyl sites for hydroxylation is 1. The van der Waals surface area contributed by atoms with Gasteiger partial charge >= 0.3 is 5.97 Å². The molecule has 2 atom stereocenters. The molecule has 0 aliphatic heterocycles. The lowest BCUT2D eigenvalue weighted by Gasteiger charge is -2.09. The van der Waals surface area contributed by atoms with Gasteiger partial charge in [-0.05, 0) is 42.5 Å². The maximum Gasteiger partial charge on any atom is 0.307 e. The minimum absolute atomic E-state index is 0.102. The van der Waals surface area contributed by atoms with Crippen molar-refractivity contribution in [3.05, 3.63) is 29.3 Å². The van der Waals surface area contributed by atoms with Gasteiger partial charge in [-0.1, -0.05) is 6.07 Å². The Hall–Kier alpha value is -1.51. The van der Waals surface area contributed by atoms with Crippen LogP contribution in [-0.4, -0.2) is 16.2 Å². The average molecular weight is 204 g/mol. The van der Waals surface area contributed by atoms with Crippen LogP contribution in [0.3, 0.4) is 0 Å². The molecule has 0 radical (unpaired) electrons. The number of phenolic OH excluding ortho intramolecular Hbond substituents is 1. The highest BCUT2D eigenvalue weighted by molar-refractivity contribution is 5.78. The second-order valence-electron chi connectivity index (χ2n) is 4.59. The van der Waals surface area contributed by atoms with Crippen molar-refractivity contribution in [2.24, 2.45) is 5.92 Å². The number of carboxylic acids is 1. The zero-order valence-corrected chi connectivity index (χ0v) is 8.23. The number of hydrogen-bond acceptors (Lipinski definition) is 2. The van der Waals surface area contributed by atoms with Crippen molar-refractivity contribution in [2.45, 2.75) is 24.7 Å². The van der Waals surface area contributed by atoms with Crippen LogP contribution in [0.25, 0.3) is 0 Å². The first-order valence-electron chi connectivity index (χ1n) is 5.19. The van der Waals surface area contributed by atoms with Gasteiger partial charge in [0, 0.05) is 5.41 Å². The summed E-state index contributed by atoms with van der Waals surface area (Å²) in [6.45, 7) is 0. The van der Waals surface area contributed by atoms with Crippen LogP contribution < -0.4 is 0 Å². The number of phenols is 1. The lowest BCUT2D eigenvalue weighted by Crippen LogP contribution is -2.11. The molecule has 3 heteroatoms. The molecule has 1 unspecified atom stereocenters. The van der Waals surface area contributed by atoms with E-state index >= 15 is 0 Å². The average Bonchev–Trinajstić information content (AvgIpc) is 2.80. The van der Waals surface area contributed by atoms with Gasteiger partial charge in [-0.2, -0.15) is 0 Å². The summed E-state index contributed by atoms with van der Waals surface area (Å²) >= 11 is 0. The standard InChI is InChI=1S/C12H12O3/c13-8-1-2-9-7(5-8)3-4-12(9)6-10(12)11(14)15/h1-2,5,10,13H,3-4,6H2,(H,14,15)/t10-,12?/m0/s1. The third-order valence-corrected chi connectivity index (χ3v) is 3.84. The topological polar surface area (TPSA) is 57.5 Å². The Bertz CT molecular complexity index is 452. The monoisotopic (exact) mass is 204 g/mol. The van der Waals surface area contributed by atoms with Gasteiger partial charge in [-0.15, -0.1) is 0 Å². The maximum atomic E-state index is 11.0. The van der Waals surface area contributed by atoms with Crippen molar-refractivity contribution in [1.82, 2.24) is 0 Å². The second kappa shape index (κ2) is 2.54. The molecular formula is C12H12O3. The van der Waals surface area contributed by atoms with Gasteiger partial charge in [-0.25, -0.2) is 0 Å². The van der Waals surface area contributed by atoms with Gasteiger partial charge in [0.05, 0.1) is 5.92 Å². The first-order valence-corrected chi connectivity index (χ1v) is 5.19. The maximum absolute atomic E-state index is 11.0. The number of hydrogen-bond donors (Lipinski definition) is 2. The highest BCUT2D eigenvalue weighted by atomic mass is 16.4. The summed E-state index contributed by atoms with van der Waals surface area (Å²) < 4.78 is 0. The zero-order valence-electron chi connectivity index (χ0n) is 8.23. The smallest absolute Gasteiger partial charge is 0.307 e. The number of aliphatic carboxylic acids is 1. The van der Waals surface area contributed by atoms with E-state index in [0.717, 1.165) is 30.4 Å². The summed E-state index contributed by atoms with van der Waals surface area (Å²) in [7, 11) is 0. The predicted molar refractivity (Wildman–Crippen MR) is 53.8 cm³/mol. The van der Waals surface area contributed by atoms with Crippen molar-refractivity contribution in [1.29, 1.82) is 0 Å². The highest BCUT2D eigenvalue weighted by Gasteiger charge is 2.61. The summed E-state index contributed by atoms with van der Waals surface area (Å²) in [5.74, 6) is -0.613. The Balaban J connectivity index is 2.04. The van der Waals surface area contributed by atoms with Crippen LogP contribution >= 0.6 is 0 Å². The number of fused-ring (bicyclic) bond motifs is 2. The van der Waals surface area contributed by atoms with Crippen LogP contribution in [-0.2, 0) is 16.6 Å². The van der Waals surface area contributed by atoms with Gasteiger partial charge in [0.15, 0.2) is 0 Å². The number of benzene rings is 1. The molecule has 1 aromatic rings. The molecule has 1 spiro atoms. The molecule has 1 aromatic carbocycles. The van der Waals surface area contributed by atoms with E-state index in [1.807, 2.05) is 6.07 Å². The second-order valence-corrected chi connectivity index (χ2v) is 4.59. The molecule has 0 amide bonds. The molecule has 2 aliphatic carbocycles. The zero-order chi connectivity index (χ0) is 10.6. The van der Waals surface area contributed by atoms with E-state index in [1.165, 1.54) is 0 Å². The van der Waals surface area contributed by atoms with E-state index in [2.05, 4.69) is 0 Å². The first-order chi connectivity index (χ1) is 7.13. The molecular weight excluding hydrogens is 192 g/mol. The van der Waals surface area contributed by atoms with Gasteiger partial charge in [-0.3, -0.25) is 4.79 Å². The number of rotatable bonds is 1. The van der Waals surface area contributed by atoms with Crippen molar-refractivity contribution in [2.75, 3.05) is 0 Å². The van der Waals surface area contributed by atoms with Crippen LogP contribution in [0.4, 0.5) is 0 Å². The molecule has 0 bridgehead atoms. The minimum Gasteiger partial charge on any atom is -0.508 e. The van der Waals surface area contributed by atoms with Gasteiger partial charge in [0.2, 0.25) is 0 Å². The number of carboxylic acid groups (broad SMARTS) is 1. The van der Waals surface area contributed by atoms with Crippen molar-refractivity contribution >= 4 is 5.97 Å². The summed E-state index contributed by atoms with van der Waals surface area (Å²) in [4.78, 5) is 11.0. The van der Waals surface area contributed by atoms with Crippen LogP contribution in [0.1, 0.15) is 24.0 Å². The van der Waals surface area contributed by atoms with E-state index in [4.69, 9.17) is 5.11 Å². The fourth-order valence-corrected chi connectivity index (χ4v) is 2.97. The third kappa shape index (κ3) is 1.03. The van der Waals surface area contributed by atoms with E-state index < -0.39 is 5.97 Å². The van der Waals surface area contributed by atoms with E-state index in [1.54, 1.807) is 12.1 Å². The lowest BCUT2D eigenvalue weighted by molar-refractivity contribution is -0.139. The Morgan fingerprint density at radius 2 is 2.27 bits per heavy atom. The SMILES string of the molecule is O=C(O)[C@@H]1CC12CCc1cc(O)ccc12. The molecule has 1 fully saturated rings. The summed E-state index contributed by atoms with van der Waals surface area (Å²) in [6, 6.07) is 5.31. The molecule has 1 saturated carbocycles. The normalized spacial score (nSPS) is 31.6. The van der Waals surface area contributed by atoms with E-state index in [-0.39, 0.29) is 17.1 Å². The van der Waals surface area contributed by atoms with Crippen LogP contribution in [0.2, 0.25) is 0 Å². The van der Waals surface area contributed by atoms with Crippen LogP contribution in [0, 0.1) is 5.92 Å². The third-order valence-electron chi connectivity index (χ3n) is 3.84. The quantitative estimate of drug-likeness (QED) is 0.731. The molecule has 2 aliphatic rings. The lowest BCUT2D eigenvalue weighted by atomic mass is 9.95. The summed E-state index contributed by atoms with van der Waals surface area (Å²) in [5, 5.41) is 18.4. The van der Waals surface area contributed by atoms with Crippen molar-refractivity contribution < 1.29 is 15.0 Å². The largest absolute Gasteiger partial charge is 0.508 e. The number of aromatic hydroxyl groups is 1. The van der Waals surface area contributed by atoms with Crippen LogP contribution in [0.15, 0.2) is 18.2 Å². The number of carbonyl (C=O) groups is 1. The summed E-state index contributed by atoms with van der Waals surface area (Å²) in [5.41, 5.74) is 2.17. The molecule has 2 N–H and O–H groups in total. The Morgan fingerprint density at radius 3 is 2.93 bits per heavy atom. The fourth-order valence-electron chi connectivity index (χ4n) is 2.97. The minimum atomic E-state index is -0.684. The molecule has 3 rings (SSSR count). The predicted octanol–water partition coefficient (Wildman–Crippen LogP) is 1.68. The fraction of sp³-hybridized carbons (Fsp3) is 0.417.